The molecule has 6 nitrogen and oxygen atoms in total. The maximum Gasteiger partial charge on any atom is 0.335 e. The molecule has 2 rings (SSSR count). The summed E-state index contributed by atoms with van der Waals surface area (Å²) in [6.45, 7) is 2.75. The largest absolute Gasteiger partial charge is 0.478 e. The summed E-state index contributed by atoms with van der Waals surface area (Å²) in [5, 5.41) is 8.75. The maximum absolute atomic E-state index is 13.8. The van der Waals surface area contributed by atoms with E-state index in [1.165, 1.54) is 4.31 Å². The highest BCUT2D eigenvalue weighted by atomic mass is 32.2. The number of piperidine rings is 1. The molecule has 21 heavy (non-hydrogen) atoms. The molecule has 1 atom stereocenters. The molecule has 2 N–H and O–H groups in total. The molecule has 0 aromatic heterocycles. The topological polar surface area (TPSA) is 86.7 Å². The first-order valence-electron chi connectivity index (χ1n) is 6.60. The van der Waals surface area contributed by atoms with Gasteiger partial charge in [0.05, 0.1) is 11.3 Å². The lowest BCUT2D eigenvalue weighted by atomic mass is 10.0. The number of hydrogen-bond donors (Lipinski definition) is 2. The Bertz CT molecular complexity index is 648. The minimum Gasteiger partial charge on any atom is -0.478 e. The van der Waals surface area contributed by atoms with Gasteiger partial charge in [-0.25, -0.2) is 9.18 Å². The number of carbonyl (C=O) groups is 1. The van der Waals surface area contributed by atoms with E-state index in [-0.39, 0.29) is 17.2 Å². The van der Waals surface area contributed by atoms with Crippen LogP contribution >= 0.6 is 0 Å². The van der Waals surface area contributed by atoms with E-state index in [9.17, 15) is 17.6 Å². The first-order valence-corrected chi connectivity index (χ1v) is 8.04. The highest BCUT2D eigenvalue weighted by Crippen LogP contribution is 2.22. The van der Waals surface area contributed by atoms with Crippen LogP contribution in [0.25, 0.3) is 0 Å². The van der Waals surface area contributed by atoms with Crippen molar-refractivity contribution in [2.24, 2.45) is 5.92 Å². The summed E-state index contributed by atoms with van der Waals surface area (Å²) in [4.78, 5) is 10.7. The van der Waals surface area contributed by atoms with Gasteiger partial charge in [0.15, 0.2) is 0 Å². The Hall–Kier alpha value is -1.67. The third-order valence-corrected chi connectivity index (χ3v) is 4.90. The number of aromatic carboxylic acids is 1. The normalized spacial score (nSPS) is 20.2. The number of halogens is 1. The minimum absolute atomic E-state index is 0.234. The average molecular weight is 316 g/mol. The molecule has 0 amide bonds. The molecule has 1 fully saturated rings. The van der Waals surface area contributed by atoms with Gasteiger partial charge in [-0.05, 0) is 37.0 Å². The number of carboxylic acid groups (broad SMARTS) is 1. The van der Waals surface area contributed by atoms with Gasteiger partial charge in [-0.3, -0.25) is 4.72 Å². The number of nitrogens with zero attached hydrogens (tertiary/aromatic N) is 1. The van der Waals surface area contributed by atoms with Gasteiger partial charge in [0.25, 0.3) is 0 Å². The molecule has 1 aliphatic heterocycles. The highest BCUT2D eigenvalue weighted by molar-refractivity contribution is 7.90. The number of carboxylic acids is 1. The van der Waals surface area contributed by atoms with E-state index in [2.05, 4.69) is 4.72 Å². The standard InChI is InChI=1S/C13H17FN2O4S/c1-9-3-2-6-16(8-9)21(19,20)15-12-5-4-10(13(17)18)7-11(12)14/h4-5,7,9,15H,2-3,6,8H2,1H3,(H,17,18). The summed E-state index contributed by atoms with van der Waals surface area (Å²) in [6, 6.07) is 3.06. The monoisotopic (exact) mass is 316 g/mol. The molecule has 1 unspecified atom stereocenters. The first kappa shape index (κ1) is 15.7. The van der Waals surface area contributed by atoms with Crippen molar-refractivity contribution in [3.05, 3.63) is 29.6 Å². The second-order valence-electron chi connectivity index (χ2n) is 5.21. The van der Waals surface area contributed by atoms with E-state index < -0.39 is 22.0 Å². The zero-order valence-corrected chi connectivity index (χ0v) is 12.4. The minimum atomic E-state index is -3.83. The Morgan fingerprint density at radius 1 is 1.48 bits per heavy atom. The molecule has 0 spiro atoms. The van der Waals surface area contributed by atoms with E-state index in [4.69, 9.17) is 5.11 Å². The fraction of sp³-hybridized carbons (Fsp3) is 0.462. The summed E-state index contributed by atoms with van der Waals surface area (Å²) in [7, 11) is -3.83. The van der Waals surface area contributed by atoms with E-state index in [0.29, 0.717) is 13.1 Å². The van der Waals surface area contributed by atoms with Crippen LogP contribution in [0.1, 0.15) is 30.1 Å². The number of nitrogens with one attached hydrogen (secondary N) is 1. The van der Waals surface area contributed by atoms with Crippen molar-refractivity contribution in [1.29, 1.82) is 0 Å². The van der Waals surface area contributed by atoms with Crippen LogP contribution in [0.2, 0.25) is 0 Å². The Labute approximate surface area is 122 Å². The first-order chi connectivity index (χ1) is 9.79. The third kappa shape index (κ3) is 3.70. The van der Waals surface area contributed by atoms with Gasteiger partial charge in [0.1, 0.15) is 5.82 Å². The Morgan fingerprint density at radius 2 is 2.19 bits per heavy atom. The van der Waals surface area contributed by atoms with Crippen LogP contribution in [0, 0.1) is 11.7 Å². The quantitative estimate of drug-likeness (QED) is 0.888. The van der Waals surface area contributed by atoms with Gasteiger partial charge in [-0.15, -0.1) is 0 Å². The number of anilines is 1. The fourth-order valence-corrected chi connectivity index (χ4v) is 3.69. The average Bonchev–Trinajstić information content (AvgIpc) is 2.40. The van der Waals surface area contributed by atoms with Crippen molar-refractivity contribution in [2.45, 2.75) is 19.8 Å². The smallest absolute Gasteiger partial charge is 0.335 e. The predicted octanol–water partition coefficient (Wildman–Crippen LogP) is 1.91. The Morgan fingerprint density at radius 3 is 2.76 bits per heavy atom. The van der Waals surface area contributed by atoms with Crippen LogP contribution in [0.4, 0.5) is 10.1 Å². The van der Waals surface area contributed by atoms with Crippen LogP contribution in [0.3, 0.4) is 0 Å². The Balaban J connectivity index is 2.18. The summed E-state index contributed by atoms with van der Waals surface area (Å²) < 4.78 is 41.6. The number of hydrogen-bond acceptors (Lipinski definition) is 3. The maximum atomic E-state index is 13.8. The van der Waals surface area contributed by atoms with Gasteiger partial charge in [-0.2, -0.15) is 12.7 Å². The molecule has 1 aliphatic rings. The van der Waals surface area contributed by atoms with Crippen LogP contribution in [-0.4, -0.2) is 36.9 Å². The lowest BCUT2D eigenvalue weighted by Crippen LogP contribution is -2.42. The van der Waals surface area contributed by atoms with Gasteiger partial charge in [0.2, 0.25) is 0 Å². The summed E-state index contributed by atoms with van der Waals surface area (Å²) in [5.74, 6) is -1.92. The van der Waals surface area contributed by atoms with Crippen molar-refractivity contribution < 1.29 is 22.7 Å². The lowest BCUT2D eigenvalue weighted by Gasteiger charge is -2.30. The fourth-order valence-electron chi connectivity index (χ4n) is 2.30. The molecule has 0 aliphatic carbocycles. The molecular formula is C13H17FN2O4S. The van der Waals surface area contributed by atoms with Crippen molar-refractivity contribution in [1.82, 2.24) is 4.31 Å². The van der Waals surface area contributed by atoms with Crippen molar-refractivity contribution in [2.75, 3.05) is 17.8 Å². The second kappa shape index (κ2) is 5.98. The van der Waals surface area contributed by atoms with Crippen molar-refractivity contribution in [3.8, 4) is 0 Å². The van der Waals surface area contributed by atoms with Crippen molar-refractivity contribution >= 4 is 21.9 Å². The molecule has 0 saturated carbocycles. The zero-order chi connectivity index (χ0) is 15.6. The van der Waals surface area contributed by atoms with E-state index >= 15 is 0 Å². The molecule has 1 heterocycles. The molecule has 0 bridgehead atoms. The van der Waals surface area contributed by atoms with E-state index in [1.54, 1.807) is 0 Å². The van der Waals surface area contributed by atoms with Gasteiger partial charge in [-0.1, -0.05) is 6.92 Å². The molecule has 0 radical (unpaired) electrons. The molecule has 1 aromatic carbocycles. The summed E-state index contributed by atoms with van der Waals surface area (Å²) in [5.41, 5.74) is -0.486. The number of benzene rings is 1. The molecule has 1 saturated heterocycles. The zero-order valence-electron chi connectivity index (χ0n) is 11.5. The molecular weight excluding hydrogens is 299 g/mol. The van der Waals surface area contributed by atoms with E-state index in [0.717, 1.165) is 31.0 Å². The van der Waals surface area contributed by atoms with Crippen LogP contribution in [0.15, 0.2) is 18.2 Å². The summed E-state index contributed by atoms with van der Waals surface area (Å²) in [6.07, 6.45) is 1.73. The van der Waals surface area contributed by atoms with Gasteiger partial charge in [0, 0.05) is 13.1 Å². The van der Waals surface area contributed by atoms with Crippen LogP contribution < -0.4 is 4.72 Å². The molecule has 8 heteroatoms. The third-order valence-electron chi connectivity index (χ3n) is 3.41. The van der Waals surface area contributed by atoms with Crippen molar-refractivity contribution in [3.63, 3.8) is 0 Å². The highest BCUT2D eigenvalue weighted by Gasteiger charge is 2.27. The van der Waals surface area contributed by atoms with Gasteiger partial charge < -0.3 is 5.11 Å². The van der Waals surface area contributed by atoms with Crippen LogP contribution in [-0.2, 0) is 10.2 Å². The van der Waals surface area contributed by atoms with Gasteiger partial charge >= 0.3 is 16.2 Å². The Kier molecular flexibility index (Phi) is 4.48. The SMILES string of the molecule is CC1CCCN(S(=O)(=O)Nc2ccc(C(=O)O)cc2F)C1. The van der Waals surface area contributed by atoms with E-state index in [1.807, 2.05) is 6.92 Å². The second-order valence-corrected chi connectivity index (χ2v) is 6.88. The molecule has 116 valence electrons. The lowest BCUT2D eigenvalue weighted by molar-refractivity contribution is 0.0696. The summed E-state index contributed by atoms with van der Waals surface area (Å²) >= 11 is 0. The molecule has 1 aromatic rings. The van der Waals surface area contributed by atoms with Crippen LogP contribution in [0.5, 0.6) is 0 Å². The predicted molar refractivity (Wildman–Crippen MR) is 75.9 cm³/mol. The number of rotatable bonds is 4.